The summed E-state index contributed by atoms with van der Waals surface area (Å²) in [4.78, 5) is 25.1. The van der Waals surface area contributed by atoms with Crippen molar-refractivity contribution in [2.24, 2.45) is 7.05 Å². The van der Waals surface area contributed by atoms with Crippen LogP contribution < -0.4 is 16.2 Å². The highest BCUT2D eigenvalue weighted by molar-refractivity contribution is 7.17. The van der Waals surface area contributed by atoms with E-state index in [1.807, 2.05) is 60.8 Å². The van der Waals surface area contributed by atoms with E-state index in [1.165, 1.54) is 22.0 Å². The highest BCUT2D eigenvalue weighted by Crippen LogP contribution is 2.29. The van der Waals surface area contributed by atoms with E-state index in [9.17, 15) is 9.59 Å². The van der Waals surface area contributed by atoms with Crippen molar-refractivity contribution in [2.75, 3.05) is 10.6 Å². The van der Waals surface area contributed by atoms with Gasteiger partial charge in [-0.15, -0.1) is 11.3 Å². The zero-order chi connectivity index (χ0) is 19.7. The lowest BCUT2D eigenvalue weighted by Crippen LogP contribution is -2.20. The Hall–Kier alpha value is -3.38. The molecule has 0 saturated heterocycles. The number of carbonyl (C=O) groups excluding carboxylic acids is 1. The van der Waals surface area contributed by atoms with E-state index in [0.717, 1.165) is 21.3 Å². The number of anilines is 3. The molecule has 1 amide bonds. The molecule has 0 aliphatic carbocycles. The first kappa shape index (κ1) is 18.0. The van der Waals surface area contributed by atoms with Gasteiger partial charge in [0.2, 0.25) is 0 Å². The number of carbonyl (C=O) groups is 1. The second-order valence-electron chi connectivity index (χ2n) is 6.59. The summed E-state index contributed by atoms with van der Waals surface area (Å²) in [6.07, 6.45) is 1.63. The summed E-state index contributed by atoms with van der Waals surface area (Å²) in [6, 6.07) is 17.1. The van der Waals surface area contributed by atoms with Gasteiger partial charge in [0, 0.05) is 40.5 Å². The van der Waals surface area contributed by atoms with Crippen molar-refractivity contribution in [3.63, 3.8) is 0 Å². The molecule has 2 heterocycles. The van der Waals surface area contributed by atoms with Crippen LogP contribution in [0.3, 0.4) is 0 Å². The molecule has 2 N–H and O–H groups in total. The van der Waals surface area contributed by atoms with Crippen LogP contribution in [0.4, 0.5) is 17.1 Å². The number of aryl methyl sites for hydroxylation is 2. The lowest BCUT2D eigenvalue weighted by molar-refractivity contribution is 0.102. The van der Waals surface area contributed by atoms with Crippen molar-refractivity contribution in [3.8, 4) is 0 Å². The van der Waals surface area contributed by atoms with Gasteiger partial charge in [0.25, 0.3) is 11.5 Å². The standard InChI is InChI=1S/C22H19N3O2S/c1-14-7-3-5-9-17(14)23-18-11-21(26)25(2)12-19(18)24-22(27)16-13-28-20-10-6-4-8-15(16)20/h3-13,23H,1-2H3,(H,24,27). The molecule has 4 aromatic rings. The summed E-state index contributed by atoms with van der Waals surface area (Å²) in [6.45, 7) is 1.99. The smallest absolute Gasteiger partial charge is 0.257 e. The number of nitrogens with zero attached hydrogens (tertiary/aromatic N) is 1. The number of pyridine rings is 1. The number of hydrogen-bond acceptors (Lipinski definition) is 4. The average Bonchev–Trinajstić information content (AvgIpc) is 3.12. The lowest BCUT2D eigenvalue weighted by Gasteiger charge is -2.15. The zero-order valence-corrected chi connectivity index (χ0v) is 16.3. The van der Waals surface area contributed by atoms with E-state index >= 15 is 0 Å². The molecule has 0 bridgehead atoms. The molecule has 0 unspecified atom stereocenters. The van der Waals surface area contributed by atoms with Crippen molar-refractivity contribution in [2.45, 2.75) is 6.92 Å². The quantitative estimate of drug-likeness (QED) is 0.522. The highest BCUT2D eigenvalue weighted by atomic mass is 32.1. The fraction of sp³-hybridized carbons (Fsp3) is 0.0909. The Bertz CT molecular complexity index is 1240. The van der Waals surface area contributed by atoms with E-state index < -0.39 is 0 Å². The number of amides is 1. The summed E-state index contributed by atoms with van der Waals surface area (Å²) >= 11 is 1.54. The maximum atomic E-state index is 12.9. The molecule has 0 radical (unpaired) electrons. The third-order valence-electron chi connectivity index (χ3n) is 4.62. The monoisotopic (exact) mass is 389 g/mol. The molecule has 4 rings (SSSR count). The Kier molecular flexibility index (Phi) is 4.71. The summed E-state index contributed by atoms with van der Waals surface area (Å²) in [5.41, 5.74) is 3.50. The highest BCUT2D eigenvalue weighted by Gasteiger charge is 2.15. The molecule has 5 nitrogen and oxygen atoms in total. The second-order valence-corrected chi connectivity index (χ2v) is 7.50. The Balaban J connectivity index is 1.71. The lowest BCUT2D eigenvalue weighted by atomic mass is 10.1. The SMILES string of the molecule is Cc1ccccc1Nc1cc(=O)n(C)cc1NC(=O)c1csc2ccccc12. The van der Waals surface area contributed by atoms with Gasteiger partial charge in [0.05, 0.1) is 16.9 Å². The van der Waals surface area contributed by atoms with Gasteiger partial charge in [-0.3, -0.25) is 9.59 Å². The van der Waals surface area contributed by atoms with Gasteiger partial charge >= 0.3 is 0 Å². The maximum Gasteiger partial charge on any atom is 0.257 e. The minimum atomic E-state index is -0.205. The molecule has 6 heteroatoms. The Morgan fingerprint density at radius 3 is 2.57 bits per heavy atom. The number of aromatic nitrogens is 1. The first-order valence-electron chi connectivity index (χ1n) is 8.84. The summed E-state index contributed by atoms with van der Waals surface area (Å²) < 4.78 is 2.51. The second kappa shape index (κ2) is 7.32. The van der Waals surface area contributed by atoms with E-state index in [-0.39, 0.29) is 11.5 Å². The zero-order valence-electron chi connectivity index (χ0n) is 15.5. The van der Waals surface area contributed by atoms with Crippen LogP contribution in [0, 0.1) is 6.92 Å². The van der Waals surface area contributed by atoms with Gasteiger partial charge in [0.15, 0.2) is 0 Å². The van der Waals surface area contributed by atoms with Crippen LogP contribution in [0.25, 0.3) is 10.1 Å². The van der Waals surface area contributed by atoms with Crippen molar-refractivity contribution in [1.82, 2.24) is 4.57 Å². The van der Waals surface area contributed by atoms with Crippen molar-refractivity contribution >= 4 is 44.4 Å². The molecule has 2 aromatic heterocycles. The predicted octanol–water partition coefficient (Wildman–Crippen LogP) is 4.90. The van der Waals surface area contributed by atoms with E-state index in [1.54, 1.807) is 13.2 Å². The molecular formula is C22H19N3O2S. The molecule has 0 spiro atoms. The topological polar surface area (TPSA) is 63.1 Å². The first-order chi connectivity index (χ1) is 13.5. The molecule has 0 saturated carbocycles. The van der Waals surface area contributed by atoms with Crippen molar-refractivity contribution < 1.29 is 4.79 Å². The first-order valence-corrected chi connectivity index (χ1v) is 9.72. The normalized spacial score (nSPS) is 10.8. The van der Waals surface area contributed by atoms with Gasteiger partial charge in [-0.1, -0.05) is 36.4 Å². The number of rotatable bonds is 4. The van der Waals surface area contributed by atoms with Gasteiger partial charge in [-0.25, -0.2) is 0 Å². The molecular weight excluding hydrogens is 370 g/mol. The van der Waals surface area contributed by atoms with E-state index in [0.29, 0.717) is 16.9 Å². The predicted molar refractivity (Wildman–Crippen MR) is 116 cm³/mol. The number of hydrogen-bond donors (Lipinski definition) is 2. The van der Waals surface area contributed by atoms with Gasteiger partial charge < -0.3 is 15.2 Å². The summed E-state index contributed by atoms with van der Waals surface area (Å²) in [5.74, 6) is -0.205. The average molecular weight is 389 g/mol. The molecule has 28 heavy (non-hydrogen) atoms. The van der Waals surface area contributed by atoms with Gasteiger partial charge in [-0.05, 0) is 24.6 Å². The minimum absolute atomic E-state index is 0.157. The Morgan fingerprint density at radius 1 is 1.00 bits per heavy atom. The largest absolute Gasteiger partial charge is 0.353 e. The van der Waals surface area contributed by atoms with Gasteiger partial charge in [-0.2, -0.15) is 0 Å². The van der Waals surface area contributed by atoms with Crippen LogP contribution in [0.1, 0.15) is 15.9 Å². The van der Waals surface area contributed by atoms with Crippen LogP contribution >= 0.6 is 11.3 Å². The summed E-state index contributed by atoms with van der Waals surface area (Å²) in [5, 5.41) is 9.01. The Morgan fingerprint density at radius 2 is 1.75 bits per heavy atom. The van der Waals surface area contributed by atoms with Crippen LogP contribution in [-0.2, 0) is 7.05 Å². The van der Waals surface area contributed by atoms with Crippen LogP contribution in [-0.4, -0.2) is 10.5 Å². The molecule has 0 atom stereocenters. The van der Waals surface area contributed by atoms with E-state index in [4.69, 9.17) is 0 Å². The molecule has 0 aliphatic heterocycles. The molecule has 0 aliphatic rings. The number of fused-ring (bicyclic) bond motifs is 1. The van der Waals surface area contributed by atoms with Gasteiger partial charge in [0.1, 0.15) is 0 Å². The third-order valence-corrected chi connectivity index (χ3v) is 5.58. The number of para-hydroxylation sites is 1. The Labute approximate surface area is 166 Å². The maximum absolute atomic E-state index is 12.9. The minimum Gasteiger partial charge on any atom is -0.353 e. The number of benzene rings is 2. The number of nitrogens with one attached hydrogen (secondary N) is 2. The van der Waals surface area contributed by atoms with Crippen LogP contribution in [0.15, 0.2) is 71.0 Å². The van der Waals surface area contributed by atoms with Crippen LogP contribution in [0.2, 0.25) is 0 Å². The summed E-state index contributed by atoms with van der Waals surface area (Å²) in [7, 11) is 1.66. The van der Waals surface area contributed by atoms with Crippen molar-refractivity contribution in [3.05, 3.63) is 87.7 Å². The molecule has 0 fully saturated rings. The fourth-order valence-corrected chi connectivity index (χ4v) is 3.98. The van der Waals surface area contributed by atoms with Crippen LogP contribution in [0.5, 0.6) is 0 Å². The number of thiophene rings is 1. The fourth-order valence-electron chi connectivity index (χ4n) is 3.03. The third kappa shape index (κ3) is 3.42. The molecule has 140 valence electrons. The molecule has 2 aromatic carbocycles. The van der Waals surface area contributed by atoms with E-state index in [2.05, 4.69) is 10.6 Å². The van der Waals surface area contributed by atoms with Crippen molar-refractivity contribution in [1.29, 1.82) is 0 Å².